The molecule has 1 aliphatic carbocycles. The van der Waals surface area contributed by atoms with E-state index in [4.69, 9.17) is 0 Å². The van der Waals surface area contributed by atoms with Gasteiger partial charge in [0, 0.05) is 6.04 Å². The number of hydrogen-bond acceptors (Lipinski definition) is 2. The third-order valence-corrected chi connectivity index (χ3v) is 2.64. The number of nitrogens with one attached hydrogen (secondary N) is 1. The van der Waals surface area contributed by atoms with Gasteiger partial charge in [-0.25, -0.2) is 0 Å². The van der Waals surface area contributed by atoms with E-state index in [-0.39, 0.29) is 5.91 Å². The molecule has 0 aliphatic heterocycles. The van der Waals surface area contributed by atoms with Crippen LogP contribution in [0.5, 0.6) is 0 Å². The quantitative estimate of drug-likeness (QED) is 0.604. The molecule has 0 aromatic carbocycles. The molecule has 64 valence electrons. The van der Waals surface area contributed by atoms with Crippen molar-refractivity contribution in [3.05, 3.63) is 0 Å². The van der Waals surface area contributed by atoms with Crippen molar-refractivity contribution < 1.29 is 4.79 Å². The molecule has 1 rings (SSSR count). The zero-order valence-corrected chi connectivity index (χ0v) is 7.73. The van der Waals surface area contributed by atoms with Gasteiger partial charge in [-0.15, -0.1) is 0 Å². The van der Waals surface area contributed by atoms with Gasteiger partial charge in [-0.3, -0.25) is 4.79 Å². The SMILES string of the molecule is CC1CCCC1NC(=O)CS. The molecule has 0 bridgehead atoms. The predicted octanol–water partition coefficient (Wildman–Crippen LogP) is 1.22. The molecule has 0 spiro atoms. The molecule has 2 nitrogen and oxygen atoms in total. The largest absolute Gasteiger partial charge is 0.352 e. The Kier molecular flexibility index (Phi) is 3.24. The summed E-state index contributed by atoms with van der Waals surface area (Å²) in [7, 11) is 0. The van der Waals surface area contributed by atoms with Gasteiger partial charge >= 0.3 is 0 Å². The highest BCUT2D eigenvalue weighted by molar-refractivity contribution is 7.81. The molecule has 1 amide bonds. The Bertz CT molecular complexity index is 149. The number of amides is 1. The lowest BCUT2D eigenvalue weighted by Gasteiger charge is -2.16. The van der Waals surface area contributed by atoms with Gasteiger partial charge < -0.3 is 5.32 Å². The van der Waals surface area contributed by atoms with Crippen molar-refractivity contribution in [3.8, 4) is 0 Å². The number of rotatable bonds is 2. The van der Waals surface area contributed by atoms with E-state index in [1.807, 2.05) is 0 Å². The van der Waals surface area contributed by atoms with Gasteiger partial charge in [-0.05, 0) is 18.8 Å². The topological polar surface area (TPSA) is 29.1 Å². The number of thiol groups is 1. The smallest absolute Gasteiger partial charge is 0.229 e. The Morgan fingerprint density at radius 1 is 1.64 bits per heavy atom. The van der Waals surface area contributed by atoms with Crippen LogP contribution in [0.2, 0.25) is 0 Å². The Morgan fingerprint density at radius 3 is 2.82 bits per heavy atom. The second-order valence-electron chi connectivity index (χ2n) is 3.24. The van der Waals surface area contributed by atoms with E-state index in [1.54, 1.807) is 0 Å². The van der Waals surface area contributed by atoms with Crippen LogP contribution >= 0.6 is 12.6 Å². The van der Waals surface area contributed by atoms with Crippen molar-refractivity contribution in [2.24, 2.45) is 5.92 Å². The number of carbonyl (C=O) groups excluding carboxylic acids is 1. The Hall–Kier alpha value is -0.180. The van der Waals surface area contributed by atoms with Gasteiger partial charge in [0.05, 0.1) is 5.75 Å². The molecule has 11 heavy (non-hydrogen) atoms. The minimum absolute atomic E-state index is 0.0621. The van der Waals surface area contributed by atoms with Crippen molar-refractivity contribution in [1.29, 1.82) is 0 Å². The maximum atomic E-state index is 10.9. The molecule has 2 unspecified atom stereocenters. The van der Waals surface area contributed by atoms with Crippen LogP contribution in [0, 0.1) is 5.92 Å². The first kappa shape index (κ1) is 8.91. The van der Waals surface area contributed by atoms with Gasteiger partial charge in [0.15, 0.2) is 0 Å². The summed E-state index contributed by atoms with van der Waals surface area (Å²) >= 11 is 3.91. The molecule has 1 aliphatic rings. The Morgan fingerprint density at radius 2 is 2.36 bits per heavy atom. The molecule has 0 heterocycles. The van der Waals surface area contributed by atoms with E-state index < -0.39 is 0 Å². The minimum atomic E-state index is 0.0621. The first-order valence-electron chi connectivity index (χ1n) is 4.14. The zero-order chi connectivity index (χ0) is 8.27. The average molecular weight is 173 g/mol. The van der Waals surface area contributed by atoms with E-state index in [2.05, 4.69) is 24.9 Å². The normalized spacial score (nSPS) is 30.4. The van der Waals surface area contributed by atoms with Crippen LogP contribution in [-0.4, -0.2) is 17.7 Å². The highest BCUT2D eigenvalue weighted by atomic mass is 32.1. The number of carbonyl (C=O) groups is 1. The second kappa shape index (κ2) is 4.00. The van der Waals surface area contributed by atoms with E-state index in [0.717, 1.165) is 6.42 Å². The molecular weight excluding hydrogens is 158 g/mol. The van der Waals surface area contributed by atoms with Crippen molar-refractivity contribution in [2.45, 2.75) is 32.2 Å². The van der Waals surface area contributed by atoms with Crippen molar-refractivity contribution in [1.82, 2.24) is 5.32 Å². The third kappa shape index (κ3) is 2.40. The Labute approximate surface area is 73.2 Å². The summed E-state index contributed by atoms with van der Waals surface area (Å²) < 4.78 is 0. The van der Waals surface area contributed by atoms with E-state index >= 15 is 0 Å². The summed E-state index contributed by atoms with van der Waals surface area (Å²) in [5.74, 6) is 1.02. The zero-order valence-electron chi connectivity index (χ0n) is 6.84. The minimum Gasteiger partial charge on any atom is -0.352 e. The van der Waals surface area contributed by atoms with Gasteiger partial charge in [0.2, 0.25) is 5.91 Å². The first-order valence-corrected chi connectivity index (χ1v) is 4.77. The molecule has 1 saturated carbocycles. The third-order valence-electron chi connectivity index (χ3n) is 2.35. The fraction of sp³-hybridized carbons (Fsp3) is 0.875. The first-order chi connectivity index (χ1) is 5.24. The van der Waals surface area contributed by atoms with Gasteiger partial charge in [0.1, 0.15) is 0 Å². The summed E-state index contributed by atoms with van der Waals surface area (Å²) in [6.07, 6.45) is 3.64. The fourth-order valence-corrected chi connectivity index (χ4v) is 1.70. The molecular formula is C8H15NOS. The lowest BCUT2D eigenvalue weighted by Crippen LogP contribution is -2.37. The van der Waals surface area contributed by atoms with E-state index in [0.29, 0.717) is 17.7 Å². The molecule has 0 saturated heterocycles. The molecule has 0 radical (unpaired) electrons. The lowest BCUT2D eigenvalue weighted by molar-refractivity contribution is -0.119. The van der Waals surface area contributed by atoms with E-state index in [9.17, 15) is 4.79 Å². The highest BCUT2D eigenvalue weighted by Gasteiger charge is 2.23. The maximum Gasteiger partial charge on any atom is 0.229 e. The number of hydrogen-bond donors (Lipinski definition) is 2. The van der Waals surface area contributed by atoms with Crippen LogP contribution in [-0.2, 0) is 4.79 Å². The molecule has 2 atom stereocenters. The van der Waals surface area contributed by atoms with Gasteiger partial charge in [-0.2, -0.15) is 12.6 Å². The van der Waals surface area contributed by atoms with E-state index in [1.165, 1.54) is 12.8 Å². The van der Waals surface area contributed by atoms with Gasteiger partial charge in [0.25, 0.3) is 0 Å². The van der Waals surface area contributed by atoms with Crippen molar-refractivity contribution in [2.75, 3.05) is 5.75 Å². The second-order valence-corrected chi connectivity index (χ2v) is 3.56. The van der Waals surface area contributed by atoms with Crippen LogP contribution in [0.3, 0.4) is 0 Å². The molecule has 3 heteroatoms. The summed E-state index contributed by atoms with van der Waals surface area (Å²) in [6, 6.07) is 0.412. The molecule has 1 N–H and O–H groups in total. The average Bonchev–Trinajstić information content (AvgIpc) is 2.37. The monoisotopic (exact) mass is 173 g/mol. The standard InChI is InChI=1S/C8H15NOS/c1-6-3-2-4-7(6)9-8(10)5-11/h6-7,11H,2-5H2,1H3,(H,9,10). The molecule has 0 aromatic rings. The van der Waals surface area contributed by atoms with Crippen LogP contribution in [0.15, 0.2) is 0 Å². The van der Waals surface area contributed by atoms with Crippen LogP contribution < -0.4 is 5.32 Å². The Balaban J connectivity index is 2.30. The summed E-state index contributed by atoms with van der Waals surface area (Å²) in [5, 5.41) is 2.96. The summed E-state index contributed by atoms with van der Waals surface area (Å²) in [6.45, 7) is 2.19. The molecule has 0 aromatic heterocycles. The maximum absolute atomic E-state index is 10.9. The van der Waals surface area contributed by atoms with Crippen LogP contribution in [0.4, 0.5) is 0 Å². The summed E-state index contributed by atoms with van der Waals surface area (Å²) in [4.78, 5) is 10.9. The van der Waals surface area contributed by atoms with Crippen molar-refractivity contribution in [3.63, 3.8) is 0 Å². The van der Waals surface area contributed by atoms with Crippen LogP contribution in [0.25, 0.3) is 0 Å². The van der Waals surface area contributed by atoms with Crippen LogP contribution in [0.1, 0.15) is 26.2 Å². The highest BCUT2D eigenvalue weighted by Crippen LogP contribution is 2.24. The molecule has 1 fully saturated rings. The predicted molar refractivity (Wildman–Crippen MR) is 48.8 cm³/mol. The van der Waals surface area contributed by atoms with Crippen molar-refractivity contribution >= 4 is 18.5 Å². The lowest BCUT2D eigenvalue weighted by atomic mass is 10.1. The fourth-order valence-electron chi connectivity index (χ4n) is 1.61. The summed E-state index contributed by atoms with van der Waals surface area (Å²) in [5.41, 5.74) is 0. The van der Waals surface area contributed by atoms with Gasteiger partial charge in [-0.1, -0.05) is 13.3 Å².